The number of benzene rings is 2. The van der Waals surface area contributed by atoms with Gasteiger partial charge in [-0.3, -0.25) is 19.4 Å². The highest BCUT2D eigenvalue weighted by Crippen LogP contribution is 2.14. The smallest absolute Gasteiger partial charge is 0.272 e. The Labute approximate surface area is 201 Å². The van der Waals surface area contributed by atoms with Crippen LogP contribution in [0.1, 0.15) is 32.0 Å². The minimum Gasteiger partial charge on any atom is -0.465 e. The number of nitrogens with zero attached hydrogens (tertiary/aromatic N) is 1. The summed E-state index contributed by atoms with van der Waals surface area (Å²) in [6.45, 7) is 0. The number of carbonyl (C=O) groups excluding carboxylic acids is 3. The molecular weight excluding hydrogens is 442 g/mol. The van der Waals surface area contributed by atoms with Crippen LogP contribution >= 0.6 is 0 Å². The zero-order chi connectivity index (χ0) is 24.5. The van der Waals surface area contributed by atoms with Gasteiger partial charge in [0.15, 0.2) is 5.78 Å². The Hall–Kier alpha value is -5.04. The minimum absolute atomic E-state index is 0.0494. The van der Waals surface area contributed by atoms with E-state index in [1.807, 2.05) is 0 Å². The van der Waals surface area contributed by atoms with Crippen molar-refractivity contribution in [1.29, 1.82) is 0 Å². The van der Waals surface area contributed by atoms with Crippen LogP contribution in [0.4, 0.5) is 5.69 Å². The summed E-state index contributed by atoms with van der Waals surface area (Å²) in [4.78, 5) is 42.1. The molecule has 2 N–H and O–H groups in total. The highest BCUT2D eigenvalue weighted by Gasteiger charge is 2.15. The summed E-state index contributed by atoms with van der Waals surface area (Å²) < 4.78 is 5.18. The lowest BCUT2D eigenvalue weighted by Crippen LogP contribution is -2.30. The van der Waals surface area contributed by atoms with Gasteiger partial charge in [0.2, 0.25) is 0 Å². The van der Waals surface area contributed by atoms with Crippen LogP contribution in [0.5, 0.6) is 0 Å². The van der Waals surface area contributed by atoms with E-state index in [0.717, 1.165) is 0 Å². The predicted octanol–water partition coefficient (Wildman–Crippen LogP) is 4.98. The van der Waals surface area contributed by atoms with Gasteiger partial charge in [0, 0.05) is 29.2 Å². The van der Waals surface area contributed by atoms with Crippen molar-refractivity contribution >= 4 is 35.4 Å². The first-order valence-electron chi connectivity index (χ1n) is 10.7. The molecule has 7 nitrogen and oxygen atoms in total. The van der Waals surface area contributed by atoms with Crippen LogP contribution in [0.15, 0.2) is 114 Å². The molecule has 0 spiro atoms. The predicted molar refractivity (Wildman–Crippen MR) is 133 cm³/mol. The number of hydrogen-bond donors (Lipinski definition) is 2. The number of furan rings is 1. The van der Waals surface area contributed by atoms with Crippen molar-refractivity contribution in [3.8, 4) is 0 Å². The molecule has 35 heavy (non-hydrogen) atoms. The molecule has 2 aromatic heterocycles. The number of hydrogen-bond acceptors (Lipinski definition) is 5. The molecule has 0 aliphatic carbocycles. The second-order valence-corrected chi connectivity index (χ2v) is 7.41. The van der Waals surface area contributed by atoms with E-state index in [9.17, 15) is 14.4 Å². The van der Waals surface area contributed by atoms with E-state index in [-0.39, 0.29) is 11.5 Å². The van der Waals surface area contributed by atoms with Gasteiger partial charge in [-0.15, -0.1) is 0 Å². The first-order chi connectivity index (χ1) is 17.1. The number of amides is 2. The number of ketones is 1. The van der Waals surface area contributed by atoms with Gasteiger partial charge < -0.3 is 15.1 Å². The second kappa shape index (κ2) is 11.2. The van der Waals surface area contributed by atoms with Gasteiger partial charge in [0.05, 0.1) is 6.26 Å². The highest BCUT2D eigenvalue weighted by molar-refractivity contribution is 6.11. The zero-order valence-electron chi connectivity index (χ0n) is 18.5. The van der Waals surface area contributed by atoms with Crippen molar-refractivity contribution in [2.45, 2.75) is 0 Å². The first kappa shape index (κ1) is 23.1. The summed E-state index contributed by atoms with van der Waals surface area (Å²) in [6.07, 6.45) is 9.27. The van der Waals surface area contributed by atoms with E-state index in [2.05, 4.69) is 15.6 Å². The molecule has 4 rings (SSSR count). The van der Waals surface area contributed by atoms with Crippen molar-refractivity contribution in [2.75, 3.05) is 5.32 Å². The van der Waals surface area contributed by atoms with E-state index in [4.69, 9.17) is 4.42 Å². The maximum atomic E-state index is 13.0. The molecule has 2 aromatic carbocycles. The molecule has 2 heterocycles. The Balaban J connectivity index is 1.48. The van der Waals surface area contributed by atoms with Crippen molar-refractivity contribution in [3.63, 3.8) is 0 Å². The van der Waals surface area contributed by atoms with Crippen molar-refractivity contribution in [2.24, 2.45) is 0 Å². The van der Waals surface area contributed by atoms with Crippen molar-refractivity contribution in [3.05, 3.63) is 132 Å². The summed E-state index contributed by atoms with van der Waals surface area (Å²) in [6, 6.07) is 22.0. The van der Waals surface area contributed by atoms with Crippen LogP contribution in [0.2, 0.25) is 0 Å². The van der Waals surface area contributed by atoms with E-state index in [1.54, 1.807) is 103 Å². The third-order valence-electron chi connectivity index (χ3n) is 4.89. The fourth-order valence-electron chi connectivity index (χ4n) is 3.13. The van der Waals surface area contributed by atoms with Crippen LogP contribution in [0.3, 0.4) is 0 Å². The number of nitrogens with one attached hydrogen (secondary N) is 2. The van der Waals surface area contributed by atoms with Crippen LogP contribution < -0.4 is 10.6 Å². The molecule has 0 unspecified atom stereocenters. The summed E-state index contributed by atoms with van der Waals surface area (Å²) in [5.74, 6) is -0.561. The van der Waals surface area contributed by atoms with E-state index >= 15 is 0 Å². The Morgan fingerprint density at radius 2 is 1.63 bits per heavy atom. The fraction of sp³-hybridized carbons (Fsp3) is 0. The highest BCUT2D eigenvalue weighted by atomic mass is 16.3. The number of aromatic nitrogens is 1. The lowest BCUT2D eigenvalue weighted by Gasteiger charge is -2.11. The maximum Gasteiger partial charge on any atom is 0.272 e. The normalized spacial score (nSPS) is 11.3. The largest absolute Gasteiger partial charge is 0.465 e. The molecule has 0 aliphatic rings. The average Bonchev–Trinajstić information content (AvgIpc) is 3.42. The third-order valence-corrected chi connectivity index (χ3v) is 4.89. The van der Waals surface area contributed by atoms with E-state index in [1.165, 1.54) is 12.3 Å². The van der Waals surface area contributed by atoms with Crippen molar-refractivity contribution in [1.82, 2.24) is 10.3 Å². The lowest BCUT2D eigenvalue weighted by atomic mass is 10.1. The molecule has 0 bridgehead atoms. The number of rotatable bonds is 8. The van der Waals surface area contributed by atoms with Crippen LogP contribution in [-0.2, 0) is 4.79 Å². The molecule has 0 radical (unpaired) electrons. The summed E-state index contributed by atoms with van der Waals surface area (Å²) >= 11 is 0. The first-order valence-corrected chi connectivity index (χ1v) is 10.7. The fourth-order valence-corrected chi connectivity index (χ4v) is 3.13. The number of anilines is 1. The number of pyridine rings is 1. The van der Waals surface area contributed by atoms with E-state index < -0.39 is 11.8 Å². The SMILES string of the molecule is O=C(Nc1ccc(C(=O)/C=C/c2ccco2)cc1)/C(=C/c1cccnc1)NC(=O)c1ccccc1. The summed E-state index contributed by atoms with van der Waals surface area (Å²) in [7, 11) is 0. The number of allylic oxidation sites excluding steroid dienone is 1. The Kier molecular flexibility index (Phi) is 7.40. The topological polar surface area (TPSA) is 101 Å². The van der Waals surface area contributed by atoms with Crippen LogP contribution in [0, 0.1) is 0 Å². The van der Waals surface area contributed by atoms with Gasteiger partial charge in [0.25, 0.3) is 11.8 Å². The van der Waals surface area contributed by atoms with Gasteiger partial charge in [-0.1, -0.05) is 24.3 Å². The molecule has 0 atom stereocenters. The van der Waals surface area contributed by atoms with Crippen molar-refractivity contribution < 1.29 is 18.8 Å². The van der Waals surface area contributed by atoms with Crippen LogP contribution in [-0.4, -0.2) is 22.6 Å². The third kappa shape index (κ3) is 6.49. The molecule has 7 heteroatoms. The zero-order valence-corrected chi connectivity index (χ0v) is 18.5. The monoisotopic (exact) mass is 463 g/mol. The molecule has 0 aliphatic heterocycles. The maximum absolute atomic E-state index is 13.0. The second-order valence-electron chi connectivity index (χ2n) is 7.41. The molecule has 0 fully saturated rings. The Morgan fingerprint density at radius 1 is 0.829 bits per heavy atom. The van der Waals surface area contributed by atoms with Gasteiger partial charge in [-0.05, 0) is 78.4 Å². The lowest BCUT2D eigenvalue weighted by molar-refractivity contribution is -0.113. The van der Waals surface area contributed by atoms with Crippen LogP contribution in [0.25, 0.3) is 12.2 Å². The Morgan fingerprint density at radius 3 is 2.31 bits per heavy atom. The quantitative estimate of drug-likeness (QED) is 0.283. The Bertz CT molecular complexity index is 1360. The number of carbonyl (C=O) groups is 3. The molecule has 0 saturated carbocycles. The molecule has 2 amide bonds. The molecular formula is C28H21N3O4. The average molecular weight is 463 g/mol. The molecule has 172 valence electrons. The van der Waals surface area contributed by atoms with Gasteiger partial charge in [-0.2, -0.15) is 0 Å². The summed E-state index contributed by atoms with van der Waals surface area (Å²) in [5, 5.41) is 5.42. The standard InChI is InChI=1S/C28H21N3O4/c32-26(15-14-24-9-5-17-35-24)21-10-12-23(13-11-21)30-28(34)25(18-20-6-4-16-29-19-20)31-27(33)22-7-2-1-3-8-22/h1-19H,(H,30,34)(H,31,33)/b15-14+,25-18-. The van der Waals surface area contributed by atoms with Gasteiger partial charge in [0.1, 0.15) is 11.5 Å². The minimum atomic E-state index is -0.519. The van der Waals surface area contributed by atoms with Gasteiger partial charge >= 0.3 is 0 Å². The molecule has 4 aromatic rings. The van der Waals surface area contributed by atoms with E-state index in [0.29, 0.717) is 28.1 Å². The van der Waals surface area contributed by atoms with Gasteiger partial charge in [-0.25, -0.2) is 0 Å². The molecule has 0 saturated heterocycles. The summed E-state index contributed by atoms with van der Waals surface area (Å²) in [5.41, 5.74) is 2.04.